The van der Waals surface area contributed by atoms with Crippen LogP contribution in [0.1, 0.15) is 17.0 Å². The lowest BCUT2D eigenvalue weighted by Crippen LogP contribution is -2.03. The maximum atomic E-state index is 14.8. The minimum Gasteiger partial charge on any atom is -0.493 e. The zero-order valence-electron chi connectivity index (χ0n) is 17.7. The van der Waals surface area contributed by atoms with E-state index in [-0.39, 0.29) is 25.6 Å². The number of nitrogens with one attached hydrogen (secondary N) is 2. The number of rotatable bonds is 8. The molecule has 9 heteroatoms. The number of imidazole rings is 1. The maximum Gasteiger partial charge on any atom is 0.164 e. The zero-order chi connectivity index (χ0) is 22.8. The van der Waals surface area contributed by atoms with Crippen molar-refractivity contribution in [1.82, 2.24) is 19.9 Å². The van der Waals surface area contributed by atoms with Crippen LogP contribution in [0.3, 0.4) is 0 Å². The summed E-state index contributed by atoms with van der Waals surface area (Å²) in [6, 6.07) is 12.4. The van der Waals surface area contributed by atoms with Crippen molar-refractivity contribution in [2.45, 2.75) is 19.8 Å². The van der Waals surface area contributed by atoms with Gasteiger partial charge in [0.05, 0.1) is 36.4 Å². The fraction of sp³-hybridized carbons (Fsp3) is 0.167. The van der Waals surface area contributed by atoms with Crippen molar-refractivity contribution >= 4 is 33.7 Å². The molecule has 7 nitrogen and oxygen atoms in total. The molecule has 168 valence electrons. The lowest BCUT2D eigenvalue weighted by molar-refractivity contribution is 0.105. The topological polar surface area (TPSA) is 85.1 Å². The molecule has 3 aromatic heterocycles. The van der Waals surface area contributed by atoms with Crippen molar-refractivity contribution in [3.8, 4) is 11.5 Å². The van der Waals surface area contributed by atoms with Crippen LogP contribution in [0, 0.1) is 5.82 Å². The van der Waals surface area contributed by atoms with Gasteiger partial charge in [-0.05, 0) is 24.3 Å². The van der Waals surface area contributed by atoms with Crippen LogP contribution in [0.15, 0.2) is 54.9 Å². The molecule has 5 rings (SSSR count). The van der Waals surface area contributed by atoms with Gasteiger partial charge in [-0.1, -0.05) is 23.7 Å². The van der Waals surface area contributed by atoms with Gasteiger partial charge >= 0.3 is 0 Å². The minimum atomic E-state index is -0.445. The highest BCUT2D eigenvalue weighted by molar-refractivity contribution is 6.31. The van der Waals surface area contributed by atoms with E-state index in [4.69, 9.17) is 25.8 Å². The van der Waals surface area contributed by atoms with Crippen molar-refractivity contribution in [1.29, 1.82) is 0 Å². The first-order chi connectivity index (χ1) is 16.1. The summed E-state index contributed by atoms with van der Waals surface area (Å²) in [7, 11) is 1.51. The number of halogens is 2. The summed E-state index contributed by atoms with van der Waals surface area (Å²) in [5.41, 5.74) is 3.72. The van der Waals surface area contributed by atoms with Gasteiger partial charge in [0.15, 0.2) is 11.5 Å². The summed E-state index contributed by atoms with van der Waals surface area (Å²) in [6.45, 7) is 0.484. The van der Waals surface area contributed by atoms with Gasteiger partial charge in [0, 0.05) is 35.0 Å². The average molecular weight is 467 g/mol. The molecule has 0 saturated carbocycles. The zero-order valence-corrected chi connectivity index (χ0v) is 18.4. The number of hydrogen-bond acceptors (Lipinski definition) is 5. The van der Waals surface area contributed by atoms with E-state index in [2.05, 4.69) is 19.9 Å². The third-order valence-electron chi connectivity index (χ3n) is 5.23. The second-order valence-electron chi connectivity index (χ2n) is 7.44. The predicted molar refractivity (Wildman–Crippen MR) is 123 cm³/mol. The molecule has 2 aromatic carbocycles. The summed E-state index contributed by atoms with van der Waals surface area (Å²) in [5.74, 6) is 0.893. The van der Waals surface area contributed by atoms with Crippen LogP contribution in [0.5, 0.6) is 11.5 Å². The van der Waals surface area contributed by atoms with Gasteiger partial charge in [0.1, 0.15) is 23.9 Å². The number of H-pyrrole nitrogens is 2. The van der Waals surface area contributed by atoms with Gasteiger partial charge in [-0.3, -0.25) is 0 Å². The Balaban J connectivity index is 1.26. The molecule has 0 aliphatic heterocycles. The molecule has 0 fully saturated rings. The Morgan fingerprint density at radius 2 is 1.88 bits per heavy atom. The monoisotopic (exact) mass is 466 g/mol. The van der Waals surface area contributed by atoms with Crippen molar-refractivity contribution in [2.75, 3.05) is 7.11 Å². The van der Waals surface area contributed by atoms with Crippen LogP contribution in [0.25, 0.3) is 22.1 Å². The Kier molecular flexibility index (Phi) is 5.85. The van der Waals surface area contributed by atoms with E-state index in [1.54, 1.807) is 18.5 Å². The van der Waals surface area contributed by atoms with Crippen molar-refractivity contribution < 1.29 is 18.6 Å². The highest BCUT2D eigenvalue weighted by Gasteiger charge is 2.14. The van der Waals surface area contributed by atoms with E-state index in [0.717, 1.165) is 27.6 Å². The molecule has 0 amide bonds. The Morgan fingerprint density at radius 3 is 2.73 bits per heavy atom. The molecular weight excluding hydrogens is 447 g/mol. The second-order valence-corrected chi connectivity index (χ2v) is 7.88. The van der Waals surface area contributed by atoms with Crippen LogP contribution < -0.4 is 9.47 Å². The largest absolute Gasteiger partial charge is 0.493 e. The first-order valence-corrected chi connectivity index (χ1v) is 10.6. The number of aromatic amines is 2. The molecule has 2 N–H and O–H groups in total. The third-order valence-corrected chi connectivity index (χ3v) is 5.44. The summed E-state index contributed by atoms with van der Waals surface area (Å²) >= 11 is 6.03. The molecule has 0 unspecified atom stereocenters. The van der Waals surface area contributed by atoms with Gasteiger partial charge in [-0.15, -0.1) is 0 Å². The highest BCUT2D eigenvalue weighted by atomic mass is 35.5. The van der Waals surface area contributed by atoms with Gasteiger partial charge in [0.25, 0.3) is 0 Å². The van der Waals surface area contributed by atoms with Gasteiger partial charge in [0.2, 0.25) is 0 Å². The molecule has 5 aromatic rings. The molecule has 33 heavy (non-hydrogen) atoms. The second kappa shape index (κ2) is 9.09. The number of hydrogen-bond donors (Lipinski definition) is 2. The Labute approximate surface area is 193 Å². The van der Waals surface area contributed by atoms with Crippen LogP contribution in [-0.2, 0) is 24.6 Å². The molecule has 0 bridgehead atoms. The summed E-state index contributed by atoms with van der Waals surface area (Å²) in [4.78, 5) is 14.9. The van der Waals surface area contributed by atoms with Gasteiger partial charge in [-0.25, -0.2) is 14.4 Å². The first-order valence-electron chi connectivity index (χ1n) is 10.2. The summed E-state index contributed by atoms with van der Waals surface area (Å²) in [5, 5.41) is 1.41. The van der Waals surface area contributed by atoms with E-state index in [1.165, 1.54) is 13.2 Å². The quantitative estimate of drug-likeness (QED) is 0.314. The molecule has 0 spiro atoms. The SMILES string of the molecule is COc1cc(COCc2c[nH]c3ncc(Cl)cc23)c(F)cc1OCc1nc2ccccc2[nH]1. The molecule has 0 saturated heterocycles. The van der Waals surface area contributed by atoms with E-state index in [9.17, 15) is 4.39 Å². The third kappa shape index (κ3) is 4.48. The fourth-order valence-electron chi connectivity index (χ4n) is 3.60. The van der Waals surface area contributed by atoms with Crippen LogP contribution in [-0.4, -0.2) is 27.0 Å². The molecule has 3 heterocycles. The maximum absolute atomic E-state index is 14.8. The van der Waals surface area contributed by atoms with Crippen molar-refractivity contribution in [2.24, 2.45) is 0 Å². The number of benzene rings is 2. The number of methoxy groups -OCH3 is 1. The fourth-order valence-corrected chi connectivity index (χ4v) is 3.76. The van der Waals surface area contributed by atoms with E-state index >= 15 is 0 Å². The Morgan fingerprint density at radius 1 is 1.03 bits per heavy atom. The van der Waals surface area contributed by atoms with Gasteiger partial charge < -0.3 is 24.2 Å². The van der Waals surface area contributed by atoms with Crippen LogP contribution in [0.4, 0.5) is 4.39 Å². The number of nitrogens with zero attached hydrogens (tertiary/aromatic N) is 2. The number of pyridine rings is 1. The van der Waals surface area contributed by atoms with E-state index in [0.29, 0.717) is 22.2 Å². The Hall–Kier alpha value is -3.62. The predicted octanol–water partition coefficient (Wildman–Crippen LogP) is 5.54. The van der Waals surface area contributed by atoms with Crippen LogP contribution >= 0.6 is 11.6 Å². The highest BCUT2D eigenvalue weighted by Crippen LogP contribution is 2.31. The summed E-state index contributed by atoms with van der Waals surface area (Å²) in [6.07, 6.45) is 3.38. The van der Waals surface area contributed by atoms with Crippen molar-refractivity contribution in [3.63, 3.8) is 0 Å². The van der Waals surface area contributed by atoms with Crippen LogP contribution in [0.2, 0.25) is 5.02 Å². The van der Waals surface area contributed by atoms with E-state index in [1.807, 2.05) is 30.3 Å². The Bertz CT molecular complexity index is 1400. The standard InChI is InChI=1S/C24H20ClFN4O3/c1-31-21-6-14(11-32-12-15-9-27-24-17(15)7-16(25)10-28-24)18(26)8-22(21)33-13-23-29-19-4-2-3-5-20(19)30-23/h2-10H,11-13H2,1H3,(H,27,28)(H,29,30). The molecule has 0 atom stereocenters. The minimum absolute atomic E-state index is 0.0622. The number of ether oxygens (including phenoxy) is 3. The normalized spacial score (nSPS) is 11.4. The smallest absolute Gasteiger partial charge is 0.164 e. The number of para-hydroxylation sites is 2. The average Bonchev–Trinajstić information content (AvgIpc) is 3.42. The summed E-state index contributed by atoms with van der Waals surface area (Å²) < 4.78 is 31.7. The number of fused-ring (bicyclic) bond motifs is 2. The van der Waals surface area contributed by atoms with Gasteiger partial charge in [-0.2, -0.15) is 0 Å². The molecule has 0 aliphatic carbocycles. The lowest BCUT2D eigenvalue weighted by Gasteiger charge is -2.13. The lowest BCUT2D eigenvalue weighted by atomic mass is 10.2. The molecule has 0 aliphatic rings. The molecular formula is C24H20ClFN4O3. The molecule has 0 radical (unpaired) electrons. The van der Waals surface area contributed by atoms with Crippen molar-refractivity contribution in [3.05, 3.63) is 82.6 Å². The first kappa shape index (κ1) is 21.2. The number of aromatic nitrogens is 4. The van der Waals surface area contributed by atoms with E-state index < -0.39 is 5.82 Å².